The number of terminal acetylenes is 1. The second-order valence-electron chi connectivity index (χ2n) is 5.83. The van der Waals surface area contributed by atoms with Gasteiger partial charge in [0.2, 0.25) is 0 Å². The fourth-order valence-electron chi connectivity index (χ4n) is 2.72. The first kappa shape index (κ1) is 20.5. The number of carbonyl (C=O) groups excluding carboxylic acids is 1. The van der Waals surface area contributed by atoms with Gasteiger partial charge in [0.05, 0.1) is 22.2 Å². The Bertz CT molecular complexity index is 1030. The monoisotopic (exact) mass is 473 g/mol. The molecule has 7 heteroatoms. The predicted molar refractivity (Wildman–Crippen MR) is 122 cm³/mol. The minimum absolute atomic E-state index is 0.128. The van der Waals surface area contributed by atoms with Crippen LogP contribution in [0.2, 0.25) is 0 Å². The summed E-state index contributed by atoms with van der Waals surface area (Å²) in [7, 11) is 1.55. The molecular formula is C21H16BrNO3S2. The highest BCUT2D eigenvalue weighted by molar-refractivity contribution is 9.10. The molecule has 0 saturated carbocycles. The summed E-state index contributed by atoms with van der Waals surface area (Å²) in [6, 6.07) is 11.3. The van der Waals surface area contributed by atoms with Crippen LogP contribution in [0.25, 0.3) is 6.08 Å². The first-order valence-corrected chi connectivity index (χ1v) is 10.3. The maximum absolute atomic E-state index is 13.0. The van der Waals surface area contributed by atoms with Crippen molar-refractivity contribution in [3.63, 3.8) is 0 Å². The lowest BCUT2D eigenvalue weighted by atomic mass is 10.1. The van der Waals surface area contributed by atoms with Gasteiger partial charge in [0, 0.05) is 0 Å². The third-order valence-corrected chi connectivity index (χ3v) is 5.89. The lowest BCUT2D eigenvalue weighted by molar-refractivity contribution is -0.113. The Labute approximate surface area is 182 Å². The van der Waals surface area contributed by atoms with Crippen LogP contribution in [0.15, 0.2) is 45.8 Å². The smallest absolute Gasteiger partial charge is 0.270 e. The van der Waals surface area contributed by atoms with Crippen LogP contribution in [0.5, 0.6) is 11.5 Å². The van der Waals surface area contributed by atoms with Gasteiger partial charge in [-0.2, -0.15) is 0 Å². The summed E-state index contributed by atoms with van der Waals surface area (Å²) >= 11 is 10.2. The topological polar surface area (TPSA) is 38.8 Å². The number of thiocarbonyl (C=S) groups is 1. The summed E-state index contributed by atoms with van der Waals surface area (Å²) in [5.74, 6) is 3.32. The van der Waals surface area contributed by atoms with E-state index < -0.39 is 0 Å². The Hall–Kier alpha value is -2.27. The zero-order chi connectivity index (χ0) is 20.3. The fraction of sp³-hybridized carbons (Fsp3) is 0.143. The summed E-state index contributed by atoms with van der Waals surface area (Å²) in [4.78, 5) is 15.1. The normalized spacial score (nSPS) is 15.1. The number of thioether (sulfide) groups is 1. The molecule has 0 spiro atoms. The molecule has 3 rings (SSSR count). The SMILES string of the molecule is C#CCOc1c(Br)cc(/C=C2\SC(=S)N(c3ccccc3C)C2=O)cc1OC. The van der Waals surface area contributed by atoms with Gasteiger partial charge in [-0.25, -0.2) is 0 Å². The van der Waals surface area contributed by atoms with E-state index in [1.54, 1.807) is 24.2 Å². The summed E-state index contributed by atoms with van der Waals surface area (Å²) < 4.78 is 12.1. The van der Waals surface area contributed by atoms with E-state index in [-0.39, 0.29) is 12.5 Å². The molecule has 0 N–H and O–H groups in total. The van der Waals surface area contributed by atoms with E-state index in [4.69, 9.17) is 28.1 Å². The van der Waals surface area contributed by atoms with Crippen molar-refractivity contribution in [1.29, 1.82) is 0 Å². The second-order valence-corrected chi connectivity index (χ2v) is 8.36. The minimum atomic E-state index is -0.146. The van der Waals surface area contributed by atoms with Gasteiger partial charge in [0.25, 0.3) is 5.91 Å². The predicted octanol–water partition coefficient (Wildman–Crippen LogP) is 5.18. The average Bonchev–Trinajstić information content (AvgIpc) is 2.94. The van der Waals surface area contributed by atoms with Gasteiger partial charge < -0.3 is 9.47 Å². The number of rotatable bonds is 5. The summed E-state index contributed by atoms with van der Waals surface area (Å²) in [5, 5.41) is 0. The van der Waals surface area contributed by atoms with Crippen molar-refractivity contribution in [1.82, 2.24) is 0 Å². The molecule has 4 nitrogen and oxygen atoms in total. The maximum atomic E-state index is 13.0. The molecule has 1 fully saturated rings. The quantitative estimate of drug-likeness (QED) is 0.339. The van der Waals surface area contributed by atoms with Gasteiger partial charge in [0.15, 0.2) is 15.8 Å². The van der Waals surface area contributed by atoms with Crippen LogP contribution < -0.4 is 14.4 Å². The van der Waals surface area contributed by atoms with E-state index in [1.165, 1.54) is 11.8 Å². The number of anilines is 1. The Morgan fingerprint density at radius 3 is 2.79 bits per heavy atom. The van der Waals surface area contributed by atoms with Crippen LogP contribution in [0.4, 0.5) is 5.69 Å². The number of methoxy groups -OCH3 is 1. The third kappa shape index (κ3) is 4.09. The summed E-state index contributed by atoms with van der Waals surface area (Å²) in [5.41, 5.74) is 2.56. The van der Waals surface area contributed by atoms with E-state index in [9.17, 15) is 4.79 Å². The number of carbonyl (C=O) groups is 1. The van der Waals surface area contributed by atoms with Crippen LogP contribution in [0, 0.1) is 19.3 Å². The highest BCUT2D eigenvalue weighted by Gasteiger charge is 2.34. The summed E-state index contributed by atoms with van der Waals surface area (Å²) in [6.45, 7) is 2.08. The minimum Gasteiger partial charge on any atom is -0.493 e. The van der Waals surface area contributed by atoms with Crippen LogP contribution in [0.1, 0.15) is 11.1 Å². The molecular weight excluding hydrogens is 458 g/mol. The molecule has 0 aliphatic carbocycles. The number of amides is 1. The van der Waals surface area contributed by atoms with Crippen molar-refractivity contribution in [2.75, 3.05) is 18.6 Å². The van der Waals surface area contributed by atoms with Gasteiger partial charge in [-0.1, -0.05) is 48.1 Å². The molecule has 0 radical (unpaired) electrons. The zero-order valence-corrected chi connectivity index (χ0v) is 18.4. The van der Waals surface area contributed by atoms with Gasteiger partial charge in [-0.3, -0.25) is 9.69 Å². The Morgan fingerprint density at radius 1 is 1.36 bits per heavy atom. The van der Waals surface area contributed by atoms with Gasteiger partial charge in [0.1, 0.15) is 6.61 Å². The number of hydrogen-bond acceptors (Lipinski definition) is 5. The van der Waals surface area contributed by atoms with Crippen LogP contribution in [-0.2, 0) is 4.79 Å². The Kier molecular flexibility index (Phi) is 6.45. The van der Waals surface area contributed by atoms with Crippen molar-refractivity contribution in [2.24, 2.45) is 0 Å². The lowest BCUT2D eigenvalue weighted by Crippen LogP contribution is -2.28. The van der Waals surface area contributed by atoms with Crippen molar-refractivity contribution >= 4 is 61.9 Å². The standard InChI is InChI=1S/C21H16BrNO3S2/c1-4-9-26-19-15(22)10-14(11-17(19)25-3)12-18-20(24)23(21(27)28-18)16-8-6-5-7-13(16)2/h1,5-8,10-12H,9H2,2-3H3/b18-12-. The van der Waals surface area contributed by atoms with Crippen molar-refractivity contribution in [2.45, 2.75) is 6.92 Å². The van der Waals surface area contributed by atoms with Crippen LogP contribution in [-0.4, -0.2) is 23.9 Å². The van der Waals surface area contributed by atoms with Crippen molar-refractivity contribution in [3.05, 3.63) is 56.9 Å². The Morgan fingerprint density at radius 2 is 2.11 bits per heavy atom. The molecule has 2 aromatic rings. The molecule has 1 amide bonds. The molecule has 1 heterocycles. The van der Waals surface area contributed by atoms with E-state index in [2.05, 4.69) is 21.9 Å². The molecule has 1 aliphatic rings. The summed E-state index contributed by atoms with van der Waals surface area (Å²) in [6.07, 6.45) is 7.05. The molecule has 0 bridgehead atoms. The number of ether oxygens (including phenoxy) is 2. The van der Waals surface area contributed by atoms with E-state index in [1.807, 2.05) is 37.3 Å². The van der Waals surface area contributed by atoms with Crippen molar-refractivity contribution in [3.8, 4) is 23.8 Å². The average molecular weight is 474 g/mol. The van der Waals surface area contributed by atoms with Crippen molar-refractivity contribution < 1.29 is 14.3 Å². The van der Waals surface area contributed by atoms with Gasteiger partial charge >= 0.3 is 0 Å². The first-order valence-electron chi connectivity index (χ1n) is 8.23. The number of hydrogen-bond donors (Lipinski definition) is 0. The molecule has 2 aromatic carbocycles. The van der Waals surface area contributed by atoms with E-state index in [0.717, 1.165) is 16.8 Å². The molecule has 28 heavy (non-hydrogen) atoms. The molecule has 142 valence electrons. The third-order valence-electron chi connectivity index (χ3n) is 4.00. The second kappa shape index (κ2) is 8.82. The molecule has 1 aliphatic heterocycles. The zero-order valence-electron chi connectivity index (χ0n) is 15.2. The highest BCUT2D eigenvalue weighted by atomic mass is 79.9. The highest BCUT2D eigenvalue weighted by Crippen LogP contribution is 2.40. The maximum Gasteiger partial charge on any atom is 0.270 e. The molecule has 0 unspecified atom stereocenters. The van der Waals surface area contributed by atoms with Crippen LogP contribution in [0.3, 0.4) is 0 Å². The van der Waals surface area contributed by atoms with Crippen LogP contribution >= 0.6 is 39.9 Å². The fourth-order valence-corrected chi connectivity index (χ4v) is 4.58. The van der Waals surface area contributed by atoms with E-state index >= 15 is 0 Å². The number of aryl methyl sites for hydroxylation is 1. The number of benzene rings is 2. The van der Waals surface area contributed by atoms with E-state index in [0.29, 0.717) is 25.2 Å². The number of para-hydroxylation sites is 1. The molecule has 1 saturated heterocycles. The molecule has 0 aromatic heterocycles. The number of halogens is 1. The van der Waals surface area contributed by atoms with Gasteiger partial charge in [-0.15, -0.1) is 6.42 Å². The molecule has 0 atom stereocenters. The Balaban J connectivity index is 1.95. The number of nitrogens with zero attached hydrogens (tertiary/aromatic N) is 1. The van der Waals surface area contributed by atoms with Gasteiger partial charge in [-0.05, 0) is 58.3 Å². The first-order chi connectivity index (χ1) is 13.5. The largest absolute Gasteiger partial charge is 0.493 e. The lowest BCUT2D eigenvalue weighted by Gasteiger charge is -2.16.